The first-order valence-corrected chi connectivity index (χ1v) is 9.64. The normalized spacial score (nSPS) is 13.7. The highest BCUT2D eigenvalue weighted by atomic mass is 35.5. The highest BCUT2D eigenvalue weighted by molar-refractivity contribution is 7.16. The number of nitrogen functional groups attached to an aromatic ring is 1. The predicted octanol–water partition coefficient (Wildman–Crippen LogP) is 3.40. The molecule has 28 heavy (non-hydrogen) atoms. The third-order valence-electron chi connectivity index (χ3n) is 4.84. The number of nitrogens with zero attached hydrogens (tertiary/aromatic N) is 4. The van der Waals surface area contributed by atoms with Gasteiger partial charge in [-0.2, -0.15) is 0 Å². The van der Waals surface area contributed by atoms with Gasteiger partial charge in [-0.3, -0.25) is 4.79 Å². The third kappa shape index (κ3) is 4.66. The fourth-order valence-electron chi connectivity index (χ4n) is 3.36. The summed E-state index contributed by atoms with van der Waals surface area (Å²) in [6.07, 6.45) is 2.81. The number of benzene rings is 1. The van der Waals surface area contributed by atoms with Crippen LogP contribution in [0, 0.1) is 0 Å². The lowest BCUT2D eigenvalue weighted by Gasteiger charge is -2.35. The second kappa shape index (κ2) is 9.91. The number of thiophene rings is 1. The number of amides is 1. The van der Waals surface area contributed by atoms with Gasteiger partial charge in [0, 0.05) is 38.3 Å². The molecule has 3 aromatic rings. The van der Waals surface area contributed by atoms with Crippen molar-refractivity contribution in [1.82, 2.24) is 14.9 Å². The van der Waals surface area contributed by atoms with Crippen LogP contribution in [0.5, 0.6) is 0 Å². The van der Waals surface area contributed by atoms with Crippen LogP contribution in [-0.2, 0) is 11.2 Å². The van der Waals surface area contributed by atoms with Crippen LogP contribution in [0.25, 0.3) is 10.2 Å². The number of carbonyl (C=O) groups excluding carboxylic acids is 1. The summed E-state index contributed by atoms with van der Waals surface area (Å²) >= 11 is 1.62. The molecule has 4 rings (SSSR count). The fourth-order valence-corrected chi connectivity index (χ4v) is 4.09. The van der Waals surface area contributed by atoms with Crippen LogP contribution in [0.1, 0.15) is 12.0 Å². The molecule has 1 aromatic carbocycles. The lowest BCUT2D eigenvalue weighted by Crippen LogP contribution is -2.49. The molecule has 1 saturated heterocycles. The maximum Gasteiger partial charge on any atom is 0.223 e. The largest absolute Gasteiger partial charge is 0.399 e. The number of hydrogen-bond acceptors (Lipinski definition) is 6. The highest BCUT2D eigenvalue weighted by Gasteiger charge is 2.23. The van der Waals surface area contributed by atoms with Gasteiger partial charge in [0.2, 0.25) is 5.91 Å². The molecule has 1 amide bonds. The first kappa shape index (κ1) is 22.2. The van der Waals surface area contributed by atoms with Crippen molar-refractivity contribution < 1.29 is 4.79 Å². The van der Waals surface area contributed by atoms with E-state index in [-0.39, 0.29) is 30.7 Å². The molecule has 0 aliphatic carbocycles. The van der Waals surface area contributed by atoms with Gasteiger partial charge >= 0.3 is 0 Å². The Balaban J connectivity index is 0.00000140. The van der Waals surface area contributed by atoms with Crippen LogP contribution < -0.4 is 10.6 Å². The van der Waals surface area contributed by atoms with E-state index in [0.29, 0.717) is 12.8 Å². The molecule has 2 N–H and O–H groups in total. The van der Waals surface area contributed by atoms with E-state index in [2.05, 4.69) is 20.9 Å². The summed E-state index contributed by atoms with van der Waals surface area (Å²) < 4.78 is 0. The lowest BCUT2D eigenvalue weighted by molar-refractivity contribution is -0.131. The molecule has 3 heterocycles. The monoisotopic (exact) mass is 439 g/mol. The Morgan fingerprint density at radius 1 is 1.07 bits per heavy atom. The maximum atomic E-state index is 12.5. The molecule has 1 aliphatic rings. The average molecular weight is 440 g/mol. The zero-order chi connectivity index (χ0) is 17.9. The molecule has 150 valence electrons. The summed E-state index contributed by atoms with van der Waals surface area (Å²) in [5.74, 6) is 1.16. The summed E-state index contributed by atoms with van der Waals surface area (Å²) in [6, 6.07) is 9.81. The Kier molecular flexibility index (Phi) is 7.86. The number of carbonyl (C=O) groups is 1. The fraction of sp³-hybridized carbons (Fsp3) is 0.316. The van der Waals surface area contributed by atoms with Crippen LogP contribution in [0.3, 0.4) is 0 Å². The Morgan fingerprint density at radius 2 is 1.82 bits per heavy atom. The van der Waals surface area contributed by atoms with Gasteiger partial charge < -0.3 is 15.5 Å². The number of aryl methyl sites for hydroxylation is 1. The average Bonchev–Trinajstić information content (AvgIpc) is 3.16. The Labute approximate surface area is 180 Å². The first-order chi connectivity index (χ1) is 12.7. The van der Waals surface area contributed by atoms with Gasteiger partial charge in [0.1, 0.15) is 17.0 Å². The maximum absolute atomic E-state index is 12.5. The van der Waals surface area contributed by atoms with E-state index >= 15 is 0 Å². The van der Waals surface area contributed by atoms with Crippen LogP contribution in [-0.4, -0.2) is 47.0 Å². The zero-order valence-electron chi connectivity index (χ0n) is 15.3. The van der Waals surface area contributed by atoms with E-state index < -0.39 is 0 Å². The van der Waals surface area contributed by atoms with Gasteiger partial charge in [-0.1, -0.05) is 18.2 Å². The van der Waals surface area contributed by atoms with Crippen molar-refractivity contribution in [2.24, 2.45) is 0 Å². The van der Waals surface area contributed by atoms with E-state index in [4.69, 9.17) is 5.73 Å². The number of nitrogens with two attached hydrogens (primary N) is 1. The predicted molar refractivity (Wildman–Crippen MR) is 120 cm³/mol. The van der Waals surface area contributed by atoms with Crippen LogP contribution >= 0.6 is 36.2 Å². The van der Waals surface area contributed by atoms with Gasteiger partial charge in [0.25, 0.3) is 0 Å². The van der Waals surface area contributed by atoms with Crippen molar-refractivity contribution in [2.45, 2.75) is 12.8 Å². The summed E-state index contributed by atoms with van der Waals surface area (Å²) in [6.45, 7) is 3.03. The van der Waals surface area contributed by atoms with Gasteiger partial charge in [0.15, 0.2) is 0 Å². The van der Waals surface area contributed by atoms with E-state index in [9.17, 15) is 4.79 Å². The van der Waals surface area contributed by atoms with Crippen molar-refractivity contribution in [3.8, 4) is 0 Å². The number of piperazine rings is 1. The van der Waals surface area contributed by atoms with E-state index in [1.807, 2.05) is 34.5 Å². The lowest BCUT2D eigenvalue weighted by atomic mass is 10.1. The minimum Gasteiger partial charge on any atom is -0.399 e. The molecule has 9 heteroatoms. The second-order valence-corrected chi connectivity index (χ2v) is 7.30. The molecule has 6 nitrogen and oxygen atoms in total. The number of hydrogen-bond donors (Lipinski definition) is 1. The number of halogens is 2. The molecule has 0 radical (unpaired) electrons. The minimum atomic E-state index is 0. The number of aromatic nitrogens is 2. The highest BCUT2D eigenvalue weighted by Crippen LogP contribution is 2.27. The number of anilines is 2. The molecular formula is C19H23Cl2N5OS. The minimum absolute atomic E-state index is 0. The second-order valence-electron chi connectivity index (χ2n) is 6.40. The smallest absolute Gasteiger partial charge is 0.223 e. The van der Waals surface area contributed by atoms with Crippen molar-refractivity contribution in [2.75, 3.05) is 36.8 Å². The standard InChI is InChI=1S/C19H21N5OS.2ClH/c20-16-4-2-1-3-14(16)5-6-17(25)23-8-10-24(11-9-23)18-15-7-12-26-19(15)22-13-21-18;;/h1-4,7,12-13H,5-6,8-11,20H2;2*1H. The Morgan fingerprint density at radius 3 is 2.57 bits per heavy atom. The number of para-hydroxylation sites is 1. The summed E-state index contributed by atoms with van der Waals surface area (Å²) in [5, 5.41) is 3.13. The van der Waals surface area contributed by atoms with Crippen LogP contribution in [0.4, 0.5) is 11.5 Å². The zero-order valence-corrected chi connectivity index (χ0v) is 17.7. The van der Waals surface area contributed by atoms with Crippen LogP contribution in [0.2, 0.25) is 0 Å². The molecule has 0 spiro atoms. The molecule has 1 fully saturated rings. The quantitative estimate of drug-likeness (QED) is 0.630. The Bertz CT molecular complexity index is 927. The molecule has 2 aromatic heterocycles. The Hall–Kier alpha value is -2.09. The number of fused-ring (bicyclic) bond motifs is 1. The topological polar surface area (TPSA) is 75.4 Å². The van der Waals surface area contributed by atoms with Gasteiger partial charge in [-0.15, -0.1) is 36.2 Å². The number of rotatable bonds is 4. The van der Waals surface area contributed by atoms with Crippen molar-refractivity contribution in [1.29, 1.82) is 0 Å². The van der Waals surface area contributed by atoms with Crippen molar-refractivity contribution in [3.05, 3.63) is 47.6 Å². The van der Waals surface area contributed by atoms with Gasteiger partial charge in [0.05, 0.1) is 5.39 Å². The van der Waals surface area contributed by atoms with Gasteiger partial charge in [-0.05, 0) is 29.5 Å². The summed E-state index contributed by atoms with van der Waals surface area (Å²) in [7, 11) is 0. The molecule has 0 unspecified atom stereocenters. The van der Waals surface area contributed by atoms with E-state index in [0.717, 1.165) is 53.5 Å². The molecule has 0 saturated carbocycles. The van der Waals surface area contributed by atoms with E-state index in [1.165, 1.54) is 0 Å². The molecule has 1 aliphatic heterocycles. The van der Waals surface area contributed by atoms with Crippen LogP contribution in [0.15, 0.2) is 42.0 Å². The van der Waals surface area contributed by atoms with E-state index in [1.54, 1.807) is 17.7 Å². The molecular weight excluding hydrogens is 417 g/mol. The summed E-state index contributed by atoms with van der Waals surface area (Å²) in [5.41, 5.74) is 7.76. The third-order valence-corrected chi connectivity index (χ3v) is 5.66. The van der Waals surface area contributed by atoms with Crippen molar-refractivity contribution in [3.63, 3.8) is 0 Å². The molecule has 0 atom stereocenters. The molecule has 0 bridgehead atoms. The SMILES string of the molecule is Cl.Cl.Nc1ccccc1CCC(=O)N1CCN(c2ncnc3sccc23)CC1. The van der Waals surface area contributed by atoms with Gasteiger partial charge in [-0.25, -0.2) is 9.97 Å². The first-order valence-electron chi connectivity index (χ1n) is 8.76. The summed E-state index contributed by atoms with van der Waals surface area (Å²) in [4.78, 5) is 26.5. The van der Waals surface area contributed by atoms with Crippen molar-refractivity contribution >= 4 is 63.8 Å².